The highest BCUT2D eigenvalue weighted by atomic mass is 16.4. The van der Waals surface area contributed by atoms with E-state index in [4.69, 9.17) is 10.9 Å². The molecule has 0 aromatic heterocycles. The van der Waals surface area contributed by atoms with E-state index in [1.165, 1.54) is 12.8 Å². The minimum atomic E-state index is -0.496. The highest BCUT2D eigenvalue weighted by Gasteiger charge is 2.27. The number of rotatable bonds is 8. The summed E-state index contributed by atoms with van der Waals surface area (Å²) in [4.78, 5) is 0. The predicted octanol–water partition coefficient (Wildman–Crippen LogP) is 2.60. The van der Waals surface area contributed by atoms with Crippen LogP contribution in [-0.4, -0.2) is 34.8 Å². The van der Waals surface area contributed by atoms with Gasteiger partial charge in [-0.3, -0.25) is 0 Å². The fourth-order valence-electron chi connectivity index (χ4n) is 2.96. The standard InChI is InChI=1S/C16H33N3O2/c1-15(2,14(17)19-21)9-7-8-12-18-13-16(20)10-5-3-4-6-11-16/h18,20-21H,3-13H2,1-2H3,(H2,17,19). The van der Waals surface area contributed by atoms with E-state index < -0.39 is 5.60 Å². The number of nitrogens with two attached hydrogens (primary N) is 1. The van der Waals surface area contributed by atoms with Gasteiger partial charge in [-0.05, 0) is 32.2 Å². The zero-order valence-electron chi connectivity index (χ0n) is 13.7. The molecule has 0 spiro atoms. The van der Waals surface area contributed by atoms with Crippen molar-refractivity contribution in [1.29, 1.82) is 0 Å². The minimum absolute atomic E-state index is 0.256. The third-order valence-electron chi connectivity index (χ3n) is 4.69. The summed E-state index contributed by atoms with van der Waals surface area (Å²) in [7, 11) is 0. The van der Waals surface area contributed by atoms with Crippen molar-refractivity contribution in [3.8, 4) is 0 Å². The Hall–Kier alpha value is -0.810. The highest BCUT2D eigenvalue weighted by molar-refractivity contribution is 5.85. The van der Waals surface area contributed by atoms with E-state index >= 15 is 0 Å². The molecule has 0 unspecified atom stereocenters. The van der Waals surface area contributed by atoms with Crippen molar-refractivity contribution in [2.75, 3.05) is 13.1 Å². The molecule has 0 amide bonds. The second-order valence-corrected chi connectivity index (χ2v) is 7.14. The van der Waals surface area contributed by atoms with Crippen LogP contribution in [0.4, 0.5) is 0 Å². The molecule has 0 aliphatic heterocycles. The second kappa shape index (κ2) is 8.59. The van der Waals surface area contributed by atoms with E-state index in [9.17, 15) is 5.11 Å². The number of nitrogens with zero attached hydrogens (tertiary/aromatic N) is 1. The van der Waals surface area contributed by atoms with Gasteiger partial charge in [-0.2, -0.15) is 0 Å². The molecule has 5 nitrogen and oxygen atoms in total. The van der Waals surface area contributed by atoms with E-state index in [1.54, 1.807) is 0 Å². The Kier molecular flexibility index (Phi) is 7.46. The molecule has 1 rings (SSSR count). The van der Waals surface area contributed by atoms with Gasteiger partial charge >= 0.3 is 0 Å². The van der Waals surface area contributed by atoms with Crippen LogP contribution >= 0.6 is 0 Å². The van der Waals surface area contributed by atoms with E-state index in [1.807, 2.05) is 13.8 Å². The summed E-state index contributed by atoms with van der Waals surface area (Å²) < 4.78 is 0. The van der Waals surface area contributed by atoms with Gasteiger partial charge in [-0.1, -0.05) is 51.1 Å². The van der Waals surface area contributed by atoms with Gasteiger partial charge in [0, 0.05) is 12.0 Å². The molecule has 0 bridgehead atoms. The van der Waals surface area contributed by atoms with Crippen LogP contribution in [-0.2, 0) is 0 Å². The van der Waals surface area contributed by atoms with Crippen LogP contribution in [0.15, 0.2) is 5.16 Å². The highest BCUT2D eigenvalue weighted by Crippen LogP contribution is 2.26. The summed E-state index contributed by atoms with van der Waals surface area (Å²) in [6.07, 6.45) is 9.61. The Morgan fingerprint density at radius 2 is 1.81 bits per heavy atom. The monoisotopic (exact) mass is 299 g/mol. The van der Waals surface area contributed by atoms with E-state index in [0.29, 0.717) is 12.4 Å². The fraction of sp³-hybridized carbons (Fsp3) is 0.938. The second-order valence-electron chi connectivity index (χ2n) is 7.14. The predicted molar refractivity (Wildman–Crippen MR) is 86.6 cm³/mol. The maximum Gasteiger partial charge on any atom is 0.144 e. The third kappa shape index (κ3) is 6.66. The summed E-state index contributed by atoms with van der Waals surface area (Å²) >= 11 is 0. The SMILES string of the molecule is CC(C)(CCCCNCC1(O)CCCCCC1)C(N)=NO. The molecule has 1 saturated carbocycles. The molecule has 0 saturated heterocycles. The summed E-state index contributed by atoms with van der Waals surface area (Å²) in [5.74, 6) is 0.295. The zero-order chi connectivity index (χ0) is 15.8. The van der Waals surface area contributed by atoms with Crippen LogP contribution in [0.3, 0.4) is 0 Å². The lowest BCUT2D eigenvalue weighted by molar-refractivity contribution is 0.0254. The van der Waals surface area contributed by atoms with Gasteiger partial charge in [0.25, 0.3) is 0 Å². The van der Waals surface area contributed by atoms with Crippen molar-refractivity contribution >= 4 is 5.84 Å². The van der Waals surface area contributed by atoms with Crippen molar-refractivity contribution in [3.63, 3.8) is 0 Å². The number of oxime groups is 1. The van der Waals surface area contributed by atoms with Gasteiger partial charge in [0.2, 0.25) is 0 Å². The smallest absolute Gasteiger partial charge is 0.144 e. The van der Waals surface area contributed by atoms with Crippen LogP contribution in [0.5, 0.6) is 0 Å². The Balaban J connectivity index is 2.14. The Labute approximate surface area is 129 Å². The first kappa shape index (κ1) is 18.2. The number of hydrogen-bond acceptors (Lipinski definition) is 4. The first-order valence-corrected chi connectivity index (χ1v) is 8.31. The zero-order valence-corrected chi connectivity index (χ0v) is 13.7. The molecule has 0 radical (unpaired) electrons. The largest absolute Gasteiger partial charge is 0.409 e. The number of unbranched alkanes of at least 4 members (excludes halogenated alkanes) is 1. The van der Waals surface area contributed by atoms with Gasteiger partial charge in [0.1, 0.15) is 5.84 Å². The average Bonchev–Trinajstić information content (AvgIpc) is 2.66. The number of hydrogen-bond donors (Lipinski definition) is 4. The molecule has 5 heteroatoms. The van der Waals surface area contributed by atoms with Crippen LogP contribution in [0.1, 0.15) is 71.6 Å². The lowest BCUT2D eigenvalue weighted by Gasteiger charge is -2.27. The molecule has 0 atom stereocenters. The van der Waals surface area contributed by atoms with Crippen LogP contribution < -0.4 is 11.1 Å². The van der Waals surface area contributed by atoms with Crippen molar-refractivity contribution in [3.05, 3.63) is 0 Å². The first-order chi connectivity index (χ1) is 9.90. The molecule has 1 aliphatic carbocycles. The first-order valence-electron chi connectivity index (χ1n) is 8.31. The van der Waals surface area contributed by atoms with Crippen LogP contribution in [0, 0.1) is 5.41 Å². The molecule has 1 fully saturated rings. The summed E-state index contributed by atoms with van der Waals surface area (Å²) in [5, 5.41) is 25.7. The number of nitrogens with one attached hydrogen (secondary N) is 1. The molecule has 5 N–H and O–H groups in total. The van der Waals surface area contributed by atoms with E-state index in [0.717, 1.165) is 51.5 Å². The quantitative estimate of drug-likeness (QED) is 0.138. The van der Waals surface area contributed by atoms with Gasteiger partial charge in [-0.25, -0.2) is 0 Å². The van der Waals surface area contributed by atoms with Gasteiger partial charge in [0.05, 0.1) is 5.60 Å². The molecule has 124 valence electrons. The average molecular weight is 299 g/mol. The Morgan fingerprint density at radius 3 is 2.38 bits per heavy atom. The summed E-state index contributed by atoms with van der Waals surface area (Å²) in [6.45, 7) is 5.60. The molecular weight excluding hydrogens is 266 g/mol. The van der Waals surface area contributed by atoms with Gasteiger partial charge in [-0.15, -0.1) is 0 Å². The molecule has 21 heavy (non-hydrogen) atoms. The maximum absolute atomic E-state index is 10.5. The maximum atomic E-state index is 10.5. The minimum Gasteiger partial charge on any atom is -0.409 e. The third-order valence-corrected chi connectivity index (χ3v) is 4.69. The van der Waals surface area contributed by atoms with Crippen molar-refractivity contribution in [1.82, 2.24) is 5.32 Å². The lowest BCUT2D eigenvalue weighted by atomic mass is 9.86. The Bertz CT molecular complexity index is 321. The van der Waals surface area contributed by atoms with Crippen LogP contribution in [0.25, 0.3) is 0 Å². The van der Waals surface area contributed by atoms with Gasteiger partial charge in [0.15, 0.2) is 0 Å². The molecule has 1 aliphatic rings. The topological polar surface area (TPSA) is 90.9 Å². The summed E-state index contributed by atoms with van der Waals surface area (Å²) in [5.41, 5.74) is 4.92. The van der Waals surface area contributed by atoms with Crippen molar-refractivity contribution in [2.45, 2.75) is 77.2 Å². The van der Waals surface area contributed by atoms with Gasteiger partial charge < -0.3 is 21.4 Å². The molecule has 0 aromatic carbocycles. The molecule has 0 heterocycles. The van der Waals surface area contributed by atoms with E-state index in [-0.39, 0.29) is 5.41 Å². The Morgan fingerprint density at radius 1 is 1.19 bits per heavy atom. The normalized spacial score (nSPS) is 20.2. The van der Waals surface area contributed by atoms with E-state index in [2.05, 4.69) is 10.5 Å². The summed E-state index contributed by atoms with van der Waals surface area (Å²) in [6, 6.07) is 0. The van der Waals surface area contributed by atoms with Crippen LogP contribution in [0.2, 0.25) is 0 Å². The number of aliphatic hydroxyl groups is 1. The molecular formula is C16H33N3O2. The molecule has 0 aromatic rings. The number of amidine groups is 1. The van der Waals surface area contributed by atoms with Crippen molar-refractivity contribution < 1.29 is 10.3 Å². The van der Waals surface area contributed by atoms with Crippen molar-refractivity contribution in [2.24, 2.45) is 16.3 Å². The lowest BCUT2D eigenvalue weighted by Crippen LogP contribution is -2.40. The fourth-order valence-corrected chi connectivity index (χ4v) is 2.96.